The van der Waals surface area contributed by atoms with Crippen molar-refractivity contribution < 1.29 is 17.9 Å². The fourth-order valence-electron chi connectivity index (χ4n) is 4.60. The van der Waals surface area contributed by atoms with Crippen LogP contribution < -0.4 is 4.74 Å². The summed E-state index contributed by atoms with van der Waals surface area (Å²) in [6.07, 6.45) is 12.4. The van der Waals surface area contributed by atoms with E-state index >= 15 is 0 Å². The van der Waals surface area contributed by atoms with Gasteiger partial charge in [-0.05, 0) is 48.4 Å². The molecule has 1 saturated carbocycles. The first-order valence-corrected chi connectivity index (χ1v) is 11.5. The summed E-state index contributed by atoms with van der Waals surface area (Å²) >= 11 is 0. The molecule has 31 heavy (non-hydrogen) atoms. The predicted octanol–water partition coefficient (Wildman–Crippen LogP) is 8.26. The summed E-state index contributed by atoms with van der Waals surface area (Å²) in [5, 5.41) is 0. The maximum Gasteiger partial charge on any atom is 0.201 e. The van der Waals surface area contributed by atoms with E-state index in [2.05, 4.69) is 13.5 Å². The Balaban J connectivity index is 1.61. The van der Waals surface area contributed by atoms with E-state index in [9.17, 15) is 13.2 Å². The molecule has 1 nitrogen and oxygen atoms in total. The fourth-order valence-corrected chi connectivity index (χ4v) is 4.60. The number of aryl methyl sites for hydroxylation is 1. The van der Waals surface area contributed by atoms with Crippen molar-refractivity contribution in [1.29, 1.82) is 0 Å². The number of halogens is 3. The summed E-state index contributed by atoms with van der Waals surface area (Å²) in [5.41, 5.74) is 0.867. The van der Waals surface area contributed by atoms with Gasteiger partial charge in [0.25, 0.3) is 0 Å². The minimum absolute atomic E-state index is 0.0619. The summed E-state index contributed by atoms with van der Waals surface area (Å²) in [5.74, 6) is -1.36. The van der Waals surface area contributed by atoms with Crippen LogP contribution in [-0.4, -0.2) is 6.61 Å². The van der Waals surface area contributed by atoms with Gasteiger partial charge in [0.05, 0.1) is 0 Å². The van der Waals surface area contributed by atoms with Crippen LogP contribution in [0.15, 0.2) is 43.0 Å². The van der Waals surface area contributed by atoms with Gasteiger partial charge in [-0.1, -0.05) is 76.7 Å². The molecule has 0 bridgehead atoms. The minimum atomic E-state index is -1.11. The lowest BCUT2D eigenvalue weighted by Gasteiger charge is -2.28. The largest absolute Gasteiger partial charge is 0.486 e. The van der Waals surface area contributed by atoms with E-state index in [0.29, 0.717) is 5.92 Å². The molecule has 3 rings (SSSR count). The van der Waals surface area contributed by atoms with Crippen molar-refractivity contribution in [3.8, 4) is 16.9 Å². The molecule has 1 aliphatic rings. The Morgan fingerprint density at radius 1 is 0.935 bits per heavy atom. The fraction of sp³-hybridized carbons (Fsp3) is 0.481. The van der Waals surface area contributed by atoms with Gasteiger partial charge in [0.15, 0.2) is 11.6 Å². The molecule has 0 unspecified atom stereocenters. The summed E-state index contributed by atoms with van der Waals surface area (Å²) in [4.78, 5) is 0. The van der Waals surface area contributed by atoms with Gasteiger partial charge in [0.2, 0.25) is 5.82 Å². The van der Waals surface area contributed by atoms with E-state index in [4.69, 9.17) is 4.74 Å². The maximum atomic E-state index is 14.8. The summed E-state index contributed by atoms with van der Waals surface area (Å²) < 4.78 is 48.6. The topological polar surface area (TPSA) is 9.23 Å². The van der Waals surface area contributed by atoms with Gasteiger partial charge in [-0.3, -0.25) is 0 Å². The first-order chi connectivity index (χ1) is 15.0. The highest BCUT2D eigenvalue weighted by Gasteiger charge is 2.21. The molecule has 2 aromatic carbocycles. The average molecular weight is 431 g/mol. The Bertz CT molecular complexity index is 869. The lowest BCUT2D eigenvalue weighted by Crippen LogP contribution is -2.15. The van der Waals surface area contributed by atoms with Crippen molar-refractivity contribution in [3.05, 3.63) is 66.0 Å². The second-order valence-electron chi connectivity index (χ2n) is 8.72. The van der Waals surface area contributed by atoms with Crippen molar-refractivity contribution in [3.63, 3.8) is 0 Å². The molecule has 168 valence electrons. The zero-order valence-corrected chi connectivity index (χ0v) is 18.4. The van der Waals surface area contributed by atoms with Crippen LogP contribution in [0.1, 0.15) is 63.9 Å². The average Bonchev–Trinajstić information content (AvgIpc) is 2.78. The van der Waals surface area contributed by atoms with Crippen LogP contribution in [0.25, 0.3) is 11.1 Å². The van der Waals surface area contributed by atoms with Gasteiger partial charge in [0, 0.05) is 11.1 Å². The number of hydrogen-bond acceptors (Lipinski definition) is 1. The molecule has 0 saturated heterocycles. The molecular weight excluding hydrogens is 397 g/mol. The smallest absolute Gasteiger partial charge is 0.201 e. The Hall–Kier alpha value is -2.23. The third-order valence-electron chi connectivity index (χ3n) is 6.50. The van der Waals surface area contributed by atoms with E-state index in [1.807, 2.05) is 6.07 Å². The Kier molecular flexibility index (Phi) is 8.62. The first-order valence-electron chi connectivity index (χ1n) is 11.5. The van der Waals surface area contributed by atoms with E-state index in [1.54, 1.807) is 6.07 Å². The van der Waals surface area contributed by atoms with Crippen LogP contribution in [0, 0.1) is 29.3 Å². The summed E-state index contributed by atoms with van der Waals surface area (Å²) in [6.45, 7) is 5.79. The third-order valence-corrected chi connectivity index (χ3v) is 6.50. The number of hydrogen-bond donors (Lipinski definition) is 0. The van der Waals surface area contributed by atoms with Crippen LogP contribution in [0.3, 0.4) is 0 Å². The quantitative estimate of drug-likeness (QED) is 0.345. The van der Waals surface area contributed by atoms with Crippen LogP contribution >= 0.6 is 0 Å². The third kappa shape index (κ3) is 6.15. The molecule has 0 aromatic heterocycles. The molecular formula is C27H33F3O. The Labute approximate surface area is 184 Å². The summed E-state index contributed by atoms with van der Waals surface area (Å²) in [6, 6.07) is 7.51. The molecule has 0 amide bonds. The van der Waals surface area contributed by atoms with Gasteiger partial charge in [-0.25, -0.2) is 8.78 Å². The van der Waals surface area contributed by atoms with Gasteiger partial charge in [-0.2, -0.15) is 4.39 Å². The van der Waals surface area contributed by atoms with E-state index in [-0.39, 0.29) is 23.5 Å². The van der Waals surface area contributed by atoms with Crippen molar-refractivity contribution in [2.75, 3.05) is 6.61 Å². The summed E-state index contributed by atoms with van der Waals surface area (Å²) in [7, 11) is 0. The van der Waals surface area contributed by atoms with Crippen molar-refractivity contribution >= 4 is 0 Å². The number of benzene rings is 2. The first kappa shape index (κ1) is 23.4. The van der Waals surface area contributed by atoms with Crippen molar-refractivity contribution in [2.45, 2.75) is 64.7 Å². The monoisotopic (exact) mass is 430 g/mol. The lowest BCUT2D eigenvalue weighted by atomic mass is 9.78. The second kappa shape index (κ2) is 11.4. The molecule has 1 fully saturated rings. The normalized spacial score (nSPS) is 18.7. The second-order valence-corrected chi connectivity index (χ2v) is 8.72. The Morgan fingerprint density at radius 2 is 1.61 bits per heavy atom. The zero-order chi connectivity index (χ0) is 22.2. The van der Waals surface area contributed by atoms with Gasteiger partial charge in [0.1, 0.15) is 12.4 Å². The van der Waals surface area contributed by atoms with Crippen LogP contribution in [-0.2, 0) is 6.42 Å². The molecule has 1 aliphatic carbocycles. The molecule has 0 atom stereocenters. The molecule has 0 radical (unpaired) electrons. The standard InChI is InChI=1S/C27H33F3O/c1-3-5-6-19-7-9-20(10-8-19)11-12-21-13-14-22(24(28)18-21)23-15-16-25(31-17-4-2)27(30)26(23)29/h4,13-16,18-20H,2-3,5-12,17H2,1H3. The highest BCUT2D eigenvalue weighted by atomic mass is 19.2. The lowest BCUT2D eigenvalue weighted by molar-refractivity contribution is 0.250. The SMILES string of the molecule is C=CCOc1ccc(-c2ccc(CCC3CCC(CCCC)CC3)cc2F)c(F)c1F. The highest BCUT2D eigenvalue weighted by molar-refractivity contribution is 5.66. The van der Waals surface area contributed by atoms with Crippen molar-refractivity contribution in [1.82, 2.24) is 0 Å². The van der Waals surface area contributed by atoms with Crippen molar-refractivity contribution in [2.24, 2.45) is 11.8 Å². The highest BCUT2D eigenvalue weighted by Crippen LogP contribution is 2.35. The van der Waals surface area contributed by atoms with E-state index < -0.39 is 17.5 Å². The minimum Gasteiger partial charge on any atom is -0.486 e. The molecule has 0 heterocycles. The molecule has 0 spiro atoms. The number of rotatable bonds is 10. The van der Waals surface area contributed by atoms with E-state index in [0.717, 1.165) is 24.3 Å². The van der Waals surface area contributed by atoms with E-state index in [1.165, 1.54) is 69.2 Å². The van der Waals surface area contributed by atoms with Gasteiger partial charge >= 0.3 is 0 Å². The molecule has 0 aliphatic heterocycles. The zero-order valence-electron chi connectivity index (χ0n) is 18.4. The van der Waals surface area contributed by atoms with Crippen LogP contribution in [0.2, 0.25) is 0 Å². The maximum absolute atomic E-state index is 14.8. The number of ether oxygens (including phenoxy) is 1. The Morgan fingerprint density at radius 3 is 2.26 bits per heavy atom. The van der Waals surface area contributed by atoms with Gasteiger partial charge in [-0.15, -0.1) is 0 Å². The molecule has 4 heteroatoms. The number of unbranched alkanes of at least 4 members (excludes halogenated alkanes) is 1. The predicted molar refractivity (Wildman–Crippen MR) is 121 cm³/mol. The van der Waals surface area contributed by atoms with Gasteiger partial charge < -0.3 is 4.74 Å². The van der Waals surface area contributed by atoms with Crippen LogP contribution in [0.4, 0.5) is 13.2 Å². The molecule has 0 N–H and O–H groups in total. The molecule has 2 aromatic rings. The van der Waals surface area contributed by atoms with Crippen LogP contribution in [0.5, 0.6) is 5.75 Å².